The number of carbonyl (C=O) groups is 1. The van der Waals surface area contributed by atoms with E-state index in [-0.39, 0.29) is 12.1 Å². The standard InChI is InChI=1S/C10H19NO2S/c1-8(2)13-9(12)6-11-7-10(14-3)4-5-10/h8,11H,4-7H2,1-3H3. The molecule has 0 heterocycles. The van der Waals surface area contributed by atoms with Gasteiger partial charge in [0.15, 0.2) is 0 Å². The van der Waals surface area contributed by atoms with Gasteiger partial charge >= 0.3 is 5.97 Å². The van der Waals surface area contributed by atoms with Gasteiger partial charge in [-0.2, -0.15) is 11.8 Å². The largest absolute Gasteiger partial charge is 0.462 e. The Bertz CT molecular complexity index is 202. The normalized spacial score (nSPS) is 18.3. The molecule has 0 aromatic heterocycles. The van der Waals surface area contributed by atoms with Crippen molar-refractivity contribution in [3.63, 3.8) is 0 Å². The first kappa shape index (κ1) is 11.9. The topological polar surface area (TPSA) is 38.3 Å². The highest BCUT2D eigenvalue weighted by atomic mass is 32.2. The lowest BCUT2D eigenvalue weighted by atomic mass is 10.4. The quantitative estimate of drug-likeness (QED) is 0.683. The number of ether oxygens (including phenoxy) is 1. The van der Waals surface area contributed by atoms with Crippen LogP contribution in [-0.2, 0) is 9.53 Å². The summed E-state index contributed by atoms with van der Waals surface area (Å²) in [7, 11) is 0. The second-order valence-corrected chi connectivity index (χ2v) is 5.30. The highest BCUT2D eigenvalue weighted by molar-refractivity contribution is 8.00. The first-order chi connectivity index (χ1) is 6.58. The SMILES string of the molecule is CSC1(CNCC(=O)OC(C)C)CC1. The zero-order valence-electron chi connectivity index (χ0n) is 9.13. The van der Waals surface area contributed by atoms with Crippen LogP contribution in [-0.4, -0.2) is 36.2 Å². The predicted octanol–water partition coefficient (Wildman–Crippen LogP) is 1.42. The molecule has 1 N–H and O–H groups in total. The summed E-state index contributed by atoms with van der Waals surface area (Å²) < 4.78 is 5.43. The molecule has 82 valence electrons. The molecule has 0 atom stereocenters. The molecule has 0 unspecified atom stereocenters. The summed E-state index contributed by atoms with van der Waals surface area (Å²) in [5.41, 5.74) is 0. The van der Waals surface area contributed by atoms with Gasteiger partial charge in [-0.05, 0) is 32.9 Å². The van der Waals surface area contributed by atoms with Gasteiger partial charge in [-0.3, -0.25) is 4.79 Å². The zero-order chi connectivity index (χ0) is 10.6. The summed E-state index contributed by atoms with van der Waals surface area (Å²) >= 11 is 1.89. The van der Waals surface area contributed by atoms with E-state index >= 15 is 0 Å². The van der Waals surface area contributed by atoms with Crippen LogP contribution in [0.2, 0.25) is 0 Å². The summed E-state index contributed by atoms with van der Waals surface area (Å²) in [5.74, 6) is -0.156. The Morgan fingerprint density at radius 3 is 2.64 bits per heavy atom. The van der Waals surface area contributed by atoms with Crippen molar-refractivity contribution in [1.82, 2.24) is 5.32 Å². The van der Waals surface area contributed by atoms with E-state index in [4.69, 9.17) is 4.74 Å². The number of nitrogens with one attached hydrogen (secondary N) is 1. The van der Waals surface area contributed by atoms with Crippen LogP contribution >= 0.6 is 11.8 Å². The molecule has 14 heavy (non-hydrogen) atoms. The number of carbonyl (C=O) groups excluding carboxylic acids is 1. The van der Waals surface area contributed by atoms with E-state index in [0.29, 0.717) is 11.3 Å². The summed E-state index contributed by atoms with van der Waals surface area (Å²) in [6, 6.07) is 0. The van der Waals surface area contributed by atoms with Crippen molar-refractivity contribution < 1.29 is 9.53 Å². The van der Waals surface area contributed by atoms with Gasteiger partial charge in [0.2, 0.25) is 0 Å². The molecule has 1 saturated carbocycles. The third-order valence-electron chi connectivity index (χ3n) is 2.32. The lowest BCUT2D eigenvalue weighted by Gasteiger charge is -2.13. The van der Waals surface area contributed by atoms with Crippen LogP contribution in [0, 0.1) is 0 Å². The average Bonchev–Trinajstić information content (AvgIpc) is 2.84. The highest BCUT2D eigenvalue weighted by Gasteiger charge is 2.41. The van der Waals surface area contributed by atoms with E-state index < -0.39 is 0 Å². The van der Waals surface area contributed by atoms with Crippen LogP contribution in [0.4, 0.5) is 0 Å². The summed E-state index contributed by atoms with van der Waals surface area (Å²) in [4.78, 5) is 11.2. The average molecular weight is 217 g/mol. The molecule has 1 fully saturated rings. The van der Waals surface area contributed by atoms with E-state index in [1.807, 2.05) is 25.6 Å². The van der Waals surface area contributed by atoms with Crippen molar-refractivity contribution >= 4 is 17.7 Å². The number of rotatable bonds is 6. The third-order valence-corrected chi connectivity index (χ3v) is 3.74. The first-order valence-corrected chi connectivity index (χ1v) is 6.26. The maximum absolute atomic E-state index is 11.2. The molecule has 4 heteroatoms. The Labute approximate surface area is 90.0 Å². The first-order valence-electron chi connectivity index (χ1n) is 5.03. The smallest absolute Gasteiger partial charge is 0.320 e. The fourth-order valence-corrected chi connectivity index (χ4v) is 2.05. The Hall–Kier alpha value is -0.220. The fourth-order valence-electron chi connectivity index (χ4n) is 1.29. The minimum atomic E-state index is -0.156. The van der Waals surface area contributed by atoms with Gasteiger partial charge in [-0.1, -0.05) is 0 Å². The van der Waals surface area contributed by atoms with E-state index in [2.05, 4.69) is 11.6 Å². The minimum absolute atomic E-state index is 0.0141. The van der Waals surface area contributed by atoms with Crippen LogP contribution in [0.15, 0.2) is 0 Å². The lowest BCUT2D eigenvalue weighted by molar-refractivity contribution is -0.146. The van der Waals surface area contributed by atoms with Gasteiger partial charge in [0.1, 0.15) is 0 Å². The van der Waals surface area contributed by atoms with Gasteiger partial charge in [-0.25, -0.2) is 0 Å². The predicted molar refractivity (Wildman–Crippen MR) is 59.6 cm³/mol. The summed E-state index contributed by atoms with van der Waals surface area (Å²) in [6.45, 7) is 4.98. The molecule has 1 aliphatic rings. The summed E-state index contributed by atoms with van der Waals surface area (Å²) in [6.07, 6.45) is 4.64. The van der Waals surface area contributed by atoms with E-state index in [1.165, 1.54) is 12.8 Å². The second kappa shape index (κ2) is 5.03. The maximum Gasteiger partial charge on any atom is 0.320 e. The molecule has 0 bridgehead atoms. The molecular formula is C10H19NO2S. The minimum Gasteiger partial charge on any atom is -0.462 e. The number of esters is 1. The zero-order valence-corrected chi connectivity index (χ0v) is 9.95. The van der Waals surface area contributed by atoms with Crippen molar-refractivity contribution in [1.29, 1.82) is 0 Å². The Kier molecular flexibility index (Phi) is 4.26. The van der Waals surface area contributed by atoms with Crippen LogP contribution in [0.3, 0.4) is 0 Å². The van der Waals surface area contributed by atoms with Crippen molar-refractivity contribution in [2.45, 2.75) is 37.5 Å². The third kappa shape index (κ3) is 3.88. The molecule has 0 radical (unpaired) electrons. The Morgan fingerprint density at radius 2 is 2.21 bits per heavy atom. The number of thioether (sulfide) groups is 1. The lowest BCUT2D eigenvalue weighted by Crippen LogP contribution is -2.32. The second-order valence-electron chi connectivity index (χ2n) is 4.03. The van der Waals surface area contributed by atoms with E-state index in [0.717, 1.165) is 6.54 Å². The molecule has 0 saturated heterocycles. The van der Waals surface area contributed by atoms with Crippen molar-refractivity contribution in [3.8, 4) is 0 Å². The van der Waals surface area contributed by atoms with E-state index in [1.54, 1.807) is 0 Å². The Morgan fingerprint density at radius 1 is 1.57 bits per heavy atom. The summed E-state index contributed by atoms with van der Waals surface area (Å²) in [5, 5.41) is 3.15. The molecule has 0 aliphatic heterocycles. The van der Waals surface area contributed by atoms with Gasteiger partial charge in [0.25, 0.3) is 0 Å². The molecule has 0 aromatic carbocycles. The maximum atomic E-state index is 11.2. The van der Waals surface area contributed by atoms with Gasteiger partial charge in [-0.15, -0.1) is 0 Å². The van der Waals surface area contributed by atoms with Crippen molar-refractivity contribution in [2.75, 3.05) is 19.3 Å². The van der Waals surface area contributed by atoms with E-state index in [9.17, 15) is 4.79 Å². The van der Waals surface area contributed by atoms with Gasteiger partial charge in [0.05, 0.1) is 12.6 Å². The van der Waals surface area contributed by atoms with Crippen LogP contribution in [0.5, 0.6) is 0 Å². The molecule has 0 aromatic rings. The molecule has 1 rings (SSSR count). The van der Waals surface area contributed by atoms with Crippen LogP contribution in [0.25, 0.3) is 0 Å². The molecule has 0 amide bonds. The van der Waals surface area contributed by atoms with Crippen LogP contribution in [0.1, 0.15) is 26.7 Å². The fraction of sp³-hybridized carbons (Fsp3) is 0.900. The number of hydrogen-bond donors (Lipinski definition) is 1. The Balaban J connectivity index is 2.06. The van der Waals surface area contributed by atoms with Gasteiger partial charge < -0.3 is 10.1 Å². The van der Waals surface area contributed by atoms with Gasteiger partial charge in [0, 0.05) is 11.3 Å². The van der Waals surface area contributed by atoms with Crippen LogP contribution < -0.4 is 5.32 Å². The number of hydrogen-bond acceptors (Lipinski definition) is 4. The van der Waals surface area contributed by atoms with Crippen molar-refractivity contribution in [3.05, 3.63) is 0 Å². The van der Waals surface area contributed by atoms with Crippen molar-refractivity contribution in [2.24, 2.45) is 0 Å². The highest BCUT2D eigenvalue weighted by Crippen LogP contribution is 2.46. The monoisotopic (exact) mass is 217 g/mol. The molecule has 1 aliphatic carbocycles. The molecule has 3 nitrogen and oxygen atoms in total. The molecular weight excluding hydrogens is 198 g/mol. The molecule has 0 spiro atoms.